The quantitative estimate of drug-likeness (QED) is 0.332. The summed E-state index contributed by atoms with van der Waals surface area (Å²) < 4.78 is 4.52. The van der Waals surface area contributed by atoms with Crippen LogP contribution in [0.3, 0.4) is 0 Å². The van der Waals surface area contributed by atoms with E-state index in [0.717, 1.165) is 25.5 Å². The molecule has 2 nitrogen and oxygen atoms in total. The molecule has 98 valence electrons. The van der Waals surface area contributed by atoms with Gasteiger partial charge in [0.2, 0.25) is 0 Å². The second kappa shape index (κ2) is 18.0. The lowest BCUT2D eigenvalue weighted by Crippen LogP contribution is -1.89. The van der Waals surface area contributed by atoms with Gasteiger partial charge in [0.25, 0.3) is 0 Å². The van der Waals surface area contributed by atoms with Gasteiger partial charge in [0, 0.05) is 25.0 Å². The predicted octanol–water partition coefficient (Wildman–Crippen LogP) is 4.36. The summed E-state index contributed by atoms with van der Waals surface area (Å²) in [4.78, 5) is 9.56. The van der Waals surface area contributed by atoms with E-state index in [1.54, 1.807) is 14.0 Å². The maximum absolute atomic E-state index is 9.56. The molecule has 0 spiro atoms. The molecule has 5 heteroatoms. The summed E-state index contributed by atoms with van der Waals surface area (Å²) in [6.45, 7) is 3.84. The number of unbranched alkanes of at least 4 members (excludes halogenated alkanes) is 2. The molecular formula is C11H23ClO2S2. The van der Waals surface area contributed by atoms with Crippen molar-refractivity contribution in [2.24, 2.45) is 0 Å². The minimum Gasteiger partial charge on any atom is -0.366 e. The van der Waals surface area contributed by atoms with Crippen molar-refractivity contribution in [2.75, 3.05) is 18.6 Å². The number of hydrogen-bond acceptors (Lipinski definition) is 4. The van der Waals surface area contributed by atoms with Crippen LogP contribution in [0.15, 0.2) is 0 Å². The summed E-state index contributed by atoms with van der Waals surface area (Å²) in [5, 5.41) is 0. The normalized spacial score (nSPS) is 15.2. The van der Waals surface area contributed by atoms with Gasteiger partial charge in [0.15, 0.2) is 0 Å². The number of alkyl halides is 1. The van der Waals surface area contributed by atoms with Gasteiger partial charge in [-0.05, 0) is 19.8 Å². The van der Waals surface area contributed by atoms with Crippen molar-refractivity contribution in [1.29, 1.82) is 0 Å². The molecule has 0 aromatic rings. The van der Waals surface area contributed by atoms with E-state index in [1.807, 2.05) is 21.6 Å². The highest BCUT2D eigenvalue weighted by atomic mass is 35.5. The first-order valence-electron chi connectivity index (χ1n) is 5.53. The molecule has 0 aromatic heterocycles. The molecule has 1 aliphatic rings. The van der Waals surface area contributed by atoms with Crippen LogP contribution in [0.5, 0.6) is 0 Å². The van der Waals surface area contributed by atoms with Crippen LogP contribution in [0.2, 0.25) is 0 Å². The van der Waals surface area contributed by atoms with E-state index >= 15 is 0 Å². The van der Waals surface area contributed by atoms with E-state index in [9.17, 15) is 4.79 Å². The maximum Gasteiger partial charge on any atom is 0.128 e. The average Bonchev–Trinajstić information content (AvgIpc) is 2.85. The molecule has 1 aliphatic heterocycles. The van der Waals surface area contributed by atoms with E-state index in [0.29, 0.717) is 0 Å². The van der Waals surface area contributed by atoms with Crippen molar-refractivity contribution in [1.82, 2.24) is 0 Å². The Morgan fingerprint density at radius 3 is 2.06 bits per heavy atom. The van der Waals surface area contributed by atoms with Crippen LogP contribution in [-0.2, 0) is 9.53 Å². The summed E-state index contributed by atoms with van der Waals surface area (Å²) in [5.74, 6) is 2.76. The summed E-state index contributed by atoms with van der Waals surface area (Å²) in [6.07, 6.45) is 5.29. The smallest absolute Gasteiger partial charge is 0.128 e. The van der Waals surface area contributed by atoms with Crippen molar-refractivity contribution in [2.45, 2.75) is 45.1 Å². The maximum atomic E-state index is 9.56. The van der Waals surface area contributed by atoms with E-state index in [1.165, 1.54) is 17.9 Å². The molecule has 1 unspecified atom stereocenters. The molecule has 1 heterocycles. The highest BCUT2D eigenvalue weighted by Gasteiger charge is 1.96. The third kappa shape index (κ3) is 24.0. The number of aldehydes is 1. The number of ether oxygens (including phenoxy) is 1. The van der Waals surface area contributed by atoms with E-state index in [4.69, 9.17) is 11.6 Å². The Bertz CT molecular complexity index is 124. The summed E-state index contributed by atoms with van der Waals surface area (Å²) >= 11 is 5.24. The average molecular weight is 287 g/mol. The second-order valence-corrected chi connectivity index (χ2v) is 6.40. The van der Waals surface area contributed by atoms with Crippen LogP contribution < -0.4 is 0 Å². The molecule has 1 rings (SSSR count). The Labute approximate surface area is 113 Å². The van der Waals surface area contributed by atoms with Gasteiger partial charge in [-0.1, -0.05) is 46.5 Å². The third-order valence-electron chi connectivity index (χ3n) is 1.54. The number of methoxy groups -OCH3 is 1. The van der Waals surface area contributed by atoms with Gasteiger partial charge in [-0.25, -0.2) is 0 Å². The van der Waals surface area contributed by atoms with Crippen LogP contribution in [0.1, 0.15) is 39.5 Å². The number of hydrogen-bond donors (Lipinski definition) is 0. The molecule has 0 N–H and O–H groups in total. The fraction of sp³-hybridized carbons (Fsp3) is 0.909. The van der Waals surface area contributed by atoms with Crippen molar-refractivity contribution in [3.63, 3.8) is 0 Å². The molecule has 16 heavy (non-hydrogen) atoms. The first-order chi connectivity index (χ1) is 7.68. The zero-order valence-corrected chi connectivity index (χ0v) is 12.8. The predicted molar refractivity (Wildman–Crippen MR) is 77.4 cm³/mol. The molecule has 1 atom stereocenters. The SMILES string of the molecule is C1CSSC1.CCCCC=O.COC(C)Cl. The van der Waals surface area contributed by atoms with Gasteiger partial charge in [-0.15, -0.1) is 0 Å². The van der Waals surface area contributed by atoms with Gasteiger partial charge < -0.3 is 9.53 Å². The Kier molecular flexibility index (Phi) is 21.3. The van der Waals surface area contributed by atoms with Crippen molar-refractivity contribution in [3.05, 3.63) is 0 Å². The molecule has 1 fully saturated rings. The number of halogens is 1. The number of rotatable bonds is 4. The minimum atomic E-state index is -0.144. The molecule has 0 radical (unpaired) electrons. The van der Waals surface area contributed by atoms with Crippen LogP contribution in [0.4, 0.5) is 0 Å². The van der Waals surface area contributed by atoms with Gasteiger partial charge >= 0.3 is 0 Å². The minimum absolute atomic E-state index is 0.144. The molecular weight excluding hydrogens is 264 g/mol. The van der Waals surface area contributed by atoms with Gasteiger partial charge in [-0.2, -0.15) is 0 Å². The lowest BCUT2D eigenvalue weighted by atomic mass is 10.3. The van der Waals surface area contributed by atoms with E-state index < -0.39 is 0 Å². The third-order valence-corrected chi connectivity index (χ3v) is 4.29. The van der Waals surface area contributed by atoms with Crippen molar-refractivity contribution < 1.29 is 9.53 Å². The van der Waals surface area contributed by atoms with Crippen LogP contribution in [0, 0.1) is 0 Å². The van der Waals surface area contributed by atoms with E-state index in [2.05, 4.69) is 11.7 Å². The van der Waals surface area contributed by atoms with Gasteiger partial charge in [0.1, 0.15) is 11.8 Å². The number of carbonyl (C=O) groups is 1. The van der Waals surface area contributed by atoms with Gasteiger partial charge in [0.05, 0.1) is 0 Å². The molecule has 0 aromatic carbocycles. The lowest BCUT2D eigenvalue weighted by molar-refractivity contribution is -0.107. The zero-order valence-electron chi connectivity index (χ0n) is 10.4. The Hall–Kier alpha value is 0.620. The fourth-order valence-corrected chi connectivity index (χ4v) is 2.94. The molecule has 1 saturated heterocycles. The van der Waals surface area contributed by atoms with Gasteiger partial charge in [-0.3, -0.25) is 0 Å². The molecule has 0 amide bonds. The second-order valence-electron chi connectivity index (χ2n) is 3.09. The molecule has 0 aliphatic carbocycles. The van der Waals surface area contributed by atoms with Crippen LogP contribution in [-0.4, -0.2) is 30.5 Å². The van der Waals surface area contributed by atoms with Crippen molar-refractivity contribution >= 4 is 39.5 Å². The Balaban J connectivity index is 0. The monoisotopic (exact) mass is 286 g/mol. The highest BCUT2D eigenvalue weighted by molar-refractivity contribution is 8.77. The first kappa shape index (κ1) is 19.0. The molecule has 0 saturated carbocycles. The van der Waals surface area contributed by atoms with Crippen LogP contribution in [0.25, 0.3) is 0 Å². The van der Waals surface area contributed by atoms with Crippen molar-refractivity contribution in [3.8, 4) is 0 Å². The summed E-state index contributed by atoms with van der Waals surface area (Å²) in [5.41, 5.74) is -0.144. The highest BCUT2D eigenvalue weighted by Crippen LogP contribution is 2.29. The summed E-state index contributed by atoms with van der Waals surface area (Å²) in [7, 11) is 5.55. The zero-order chi connectivity index (χ0) is 12.6. The number of carbonyl (C=O) groups excluding carboxylic acids is 1. The fourth-order valence-electron chi connectivity index (χ4n) is 0.582. The lowest BCUT2D eigenvalue weighted by Gasteiger charge is -1.91. The van der Waals surface area contributed by atoms with Crippen LogP contribution >= 0.6 is 33.2 Å². The largest absolute Gasteiger partial charge is 0.366 e. The first-order valence-corrected chi connectivity index (χ1v) is 8.46. The Morgan fingerprint density at radius 1 is 1.44 bits per heavy atom. The topological polar surface area (TPSA) is 26.3 Å². The standard InChI is InChI=1S/C5H10O.C3H7ClO.C3H6S2/c1-2-3-4-5-6;1-3(4)5-2;1-2-4-5-3-1/h5H,2-4H2,1H3;3H,1-2H3;1-3H2. The Morgan fingerprint density at radius 2 is 1.94 bits per heavy atom. The summed E-state index contributed by atoms with van der Waals surface area (Å²) in [6, 6.07) is 0. The molecule has 0 bridgehead atoms. The van der Waals surface area contributed by atoms with E-state index in [-0.39, 0.29) is 5.56 Å².